The van der Waals surface area contributed by atoms with Gasteiger partial charge < -0.3 is 10.8 Å². The van der Waals surface area contributed by atoms with Crippen molar-refractivity contribution in [1.82, 2.24) is 4.98 Å². The SMILES string of the molecule is N[C@H](C(=O)O)c1cc(Cl)ncc1Br. The molecule has 0 aliphatic heterocycles. The molecule has 0 aromatic carbocycles. The molecule has 0 aliphatic rings. The number of pyridine rings is 1. The van der Waals surface area contributed by atoms with Gasteiger partial charge in [0.1, 0.15) is 11.2 Å². The quantitative estimate of drug-likeness (QED) is 0.796. The molecular weight excluding hydrogens is 259 g/mol. The predicted octanol–water partition coefficient (Wildman–Crippen LogP) is 1.58. The molecule has 1 aromatic heterocycles. The second kappa shape index (κ2) is 4.04. The van der Waals surface area contributed by atoms with E-state index in [0.717, 1.165) is 0 Å². The van der Waals surface area contributed by atoms with Crippen LogP contribution in [-0.2, 0) is 4.79 Å². The Morgan fingerprint density at radius 2 is 2.38 bits per heavy atom. The van der Waals surface area contributed by atoms with Crippen molar-refractivity contribution in [2.24, 2.45) is 5.73 Å². The molecular formula is C7H6BrClN2O2. The lowest BCUT2D eigenvalue weighted by Gasteiger charge is -2.08. The molecule has 0 radical (unpaired) electrons. The summed E-state index contributed by atoms with van der Waals surface area (Å²) in [6.07, 6.45) is 1.42. The number of aromatic nitrogens is 1. The van der Waals surface area contributed by atoms with E-state index >= 15 is 0 Å². The van der Waals surface area contributed by atoms with E-state index in [9.17, 15) is 4.79 Å². The molecule has 6 heteroatoms. The summed E-state index contributed by atoms with van der Waals surface area (Å²) in [6.45, 7) is 0. The van der Waals surface area contributed by atoms with Gasteiger partial charge >= 0.3 is 5.97 Å². The van der Waals surface area contributed by atoms with E-state index in [4.69, 9.17) is 22.4 Å². The van der Waals surface area contributed by atoms with Crippen LogP contribution in [-0.4, -0.2) is 16.1 Å². The second-order valence-corrected chi connectivity index (χ2v) is 3.59. The first-order valence-corrected chi connectivity index (χ1v) is 4.49. The van der Waals surface area contributed by atoms with Gasteiger partial charge in [-0.15, -0.1) is 0 Å². The van der Waals surface area contributed by atoms with Crippen LogP contribution < -0.4 is 5.73 Å². The number of aliphatic carboxylic acids is 1. The van der Waals surface area contributed by atoms with Crippen LogP contribution in [0.2, 0.25) is 5.15 Å². The fourth-order valence-corrected chi connectivity index (χ4v) is 1.43. The summed E-state index contributed by atoms with van der Waals surface area (Å²) in [5.41, 5.74) is 5.80. The van der Waals surface area contributed by atoms with Crippen molar-refractivity contribution in [2.75, 3.05) is 0 Å². The standard InChI is InChI=1S/C7H6BrClN2O2/c8-4-2-11-5(9)1-3(4)6(10)7(12)13/h1-2,6H,10H2,(H,12,13)/t6-/m0/s1. The fourth-order valence-electron chi connectivity index (χ4n) is 0.799. The van der Waals surface area contributed by atoms with E-state index in [-0.39, 0.29) is 5.15 Å². The van der Waals surface area contributed by atoms with Crippen LogP contribution in [0.25, 0.3) is 0 Å². The number of halogens is 2. The number of nitrogens with two attached hydrogens (primary N) is 1. The smallest absolute Gasteiger partial charge is 0.325 e. The van der Waals surface area contributed by atoms with Gasteiger partial charge in [-0.25, -0.2) is 4.98 Å². The summed E-state index contributed by atoms with van der Waals surface area (Å²) >= 11 is 8.72. The van der Waals surface area contributed by atoms with Gasteiger partial charge in [-0.2, -0.15) is 0 Å². The van der Waals surface area contributed by atoms with E-state index in [1.54, 1.807) is 0 Å². The van der Waals surface area contributed by atoms with Crippen molar-refractivity contribution in [3.63, 3.8) is 0 Å². The van der Waals surface area contributed by atoms with Gasteiger partial charge in [0.05, 0.1) is 0 Å². The average molecular weight is 265 g/mol. The molecule has 1 aromatic rings. The molecule has 0 bridgehead atoms. The van der Waals surface area contributed by atoms with Crippen LogP contribution >= 0.6 is 27.5 Å². The molecule has 3 N–H and O–H groups in total. The average Bonchev–Trinajstić information content (AvgIpc) is 2.08. The largest absolute Gasteiger partial charge is 0.480 e. The van der Waals surface area contributed by atoms with E-state index in [1.807, 2.05) is 0 Å². The van der Waals surface area contributed by atoms with Crippen molar-refractivity contribution < 1.29 is 9.90 Å². The third-order valence-electron chi connectivity index (χ3n) is 1.45. The zero-order valence-corrected chi connectivity index (χ0v) is 8.71. The van der Waals surface area contributed by atoms with Crippen LogP contribution in [0.15, 0.2) is 16.7 Å². The second-order valence-electron chi connectivity index (χ2n) is 2.34. The minimum Gasteiger partial charge on any atom is -0.480 e. The Kier molecular flexibility index (Phi) is 3.24. The van der Waals surface area contributed by atoms with Gasteiger partial charge in [0, 0.05) is 10.7 Å². The molecule has 1 heterocycles. The third-order valence-corrected chi connectivity index (χ3v) is 2.32. The molecule has 0 amide bonds. The highest BCUT2D eigenvalue weighted by atomic mass is 79.9. The fraction of sp³-hybridized carbons (Fsp3) is 0.143. The molecule has 0 fully saturated rings. The van der Waals surface area contributed by atoms with Gasteiger partial charge in [0.2, 0.25) is 0 Å². The van der Waals surface area contributed by atoms with Crippen LogP contribution in [0.1, 0.15) is 11.6 Å². The molecule has 1 atom stereocenters. The minimum absolute atomic E-state index is 0.218. The number of hydrogen-bond acceptors (Lipinski definition) is 3. The van der Waals surface area contributed by atoms with Crippen LogP contribution in [0.5, 0.6) is 0 Å². The van der Waals surface area contributed by atoms with Gasteiger partial charge in [0.15, 0.2) is 0 Å². The summed E-state index contributed by atoms with van der Waals surface area (Å²) in [7, 11) is 0. The number of nitrogens with zero attached hydrogens (tertiary/aromatic N) is 1. The monoisotopic (exact) mass is 264 g/mol. The van der Waals surface area contributed by atoms with Crippen molar-refractivity contribution in [1.29, 1.82) is 0 Å². The molecule has 4 nitrogen and oxygen atoms in total. The Morgan fingerprint density at radius 3 is 2.92 bits per heavy atom. The summed E-state index contributed by atoms with van der Waals surface area (Å²) < 4.78 is 0.534. The van der Waals surface area contributed by atoms with E-state index in [0.29, 0.717) is 10.0 Å². The van der Waals surface area contributed by atoms with Gasteiger partial charge in [-0.1, -0.05) is 11.6 Å². The van der Waals surface area contributed by atoms with Crippen molar-refractivity contribution >= 4 is 33.5 Å². The van der Waals surface area contributed by atoms with Gasteiger partial charge in [-0.05, 0) is 27.6 Å². The third kappa shape index (κ3) is 2.40. The topological polar surface area (TPSA) is 76.2 Å². The highest BCUT2D eigenvalue weighted by molar-refractivity contribution is 9.10. The van der Waals surface area contributed by atoms with Gasteiger partial charge in [-0.3, -0.25) is 4.79 Å². The zero-order chi connectivity index (χ0) is 10.0. The molecule has 0 saturated carbocycles. The maximum atomic E-state index is 10.6. The van der Waals surface area contributed by atoms with Gasteiger partial charge in [0.25, 0.3) is 0 Å². The number of rotatable bonds is 2. The first-order valence-electron chi connectivity index (χ1n) is 3.31. The molecule has 0 spiro atoms. The maximum Gasteiger partial charge on any atom is 0.325 e. The molecule has 13 heavy (non-hydrogen) atoms. The Labute approximate surface area is 87.8 Å². The Bertz CT molecular complexity index is 345. The number of carboxylic acids is 1. The summed E-state index contributed by atoms with van der Waals surface area (Å²) in [6, 6.07) is 0.333. The van der Waals surface area contributed by atoms with Crippen LogP contribution in [0, 0.1) is 0 Å². The normalized spacial score (nSPS) is 12.5. The molecule has 70 valence electrons. The summed E-state index contributed by atoms with van der Waals surface area (Å²) in [5, 5.41) is 8.86. The van der Waals surface area contributed by atoms with E-state index in [1.165, 1.54) is 12.3 Å². The Balaban J connectivity index is 3.12. The summed E-state index contributed by atoms with van der Waals surface area (Å²) in [4.78, 5) is 14.3. The molecule has 1 rings (SSSR count). The van der Waals surface area contributed by atoms with Crippen molar-refractivity contribution in [3.8, 4) is 0 Å². The first kappa shape index (κ1) is 10.4. The highest BCUT2D eigenvalue weighted by Gasteiger charge is 2.17. The predicted molar refractivity (Wildman–Crippen MR) is 51.5 cm³/mol. The lowest BCUT2D eigenvalue weighted by molar-refractivity contribution is -0.138. The minimum atomic E-state index is -1.11. The lowest BCUT2D eigenvalue weighted by atomic mass is 10.1. The van der Waals surface area contributed by atoms with E-state index < -0.39 is 12.0 Å². The lowest BCUT2D eigenvalue weighted by Crippen LogP contribution is -2.21. The zero-order valence-electron chi connectivity index (χ0n) is 6.37. The van der Waals surface area contributed by atoms with Crippen LogP contribution in [0.3, 0.4) is 0 Å². The van der Waals surface area contributed by atoms with Crippen molar-refractivity contribution in [2.45, 2.75) is 6.04 Å². The van der Waals surface area contributed by atoms with Crippen LogP contribution in [0.4, 0.5) is 0 Å². The Hall–Kier alpha value is -0.650. The molecule has 0 unspecified atom stereocenters. The van der Waals surface area contributed by atoms with Crippen molar-refractivity contribution in [3.05, 3.63) is 27.5 Å². The number of hydrogen-bond donors (Lipinski definition) is 2. The number of carboxylic acid groups (broad SMARTS) is 1. The van der Waals surface area contributed by atoms with E-state index in [2.05, 4.69) is 20.9 Å². The highest BCUT2D eigenvalue weighted by Crippen LogP contribution is 2.23. The Morgan fingerprint density at radius 1 is 1.77 bits per heavy atom. The molecule has 0 aliphatic carbocycles. The summed E-state index contributed by atoms with van der Waals surface area (Å²) in [5.74, 6) is -1.11. The maximum absolute atomic E-state index is 10.6. The number of carbonyl (C=O) groups is 1. The molecule has 0 saturated heterocycles. The first-order chi connectivity index (χ1) is 6.02.